The van der Waals surface area contributed by atoms with Crippen LogP contribution in [0.3, 0.4) is 0 Å². The molecule has 3 amide bonds. The number of hydrogen-bond acceptors (Lipinski definition) is 5. The lowest BCUT2D eigenvalue weighted by Gasteiger charge is -2.45. The smallest absolute Gasteiger partial charge is 0.411 e. The lowest BCUT2D eigenvalue weighted by atomic mass is 9.66. The molecule has 1 aliphatic rings. The van der Waals surface area contributed by atoms with Crippen molar-refractivity contribution in [3.05, 3.63) is 77.3 Å². The van der Waals surface area contributed by atoms with Crippen molar-refractivity contribution in [2.75, 3.05) is 31.6 Å². The molecule has 1 atom stereocenters. The van der Waals surface area contributed by atoms with Crippen molar-refractivity contribution in [3.8, 4) is 0 Å². The van der Waals surface area contributed by atoms with Crippen molar-refractivity contribution in [3.63, 3.8) is 0 Å². The molecule has 36 heavy (non-hydrogen) atoms. The van der Waals surface area contributed by atoms with E-state index in [4.69, 9.17) is 27.8 Å². The number of piperidine rings is 1. The van der Waals surface area contributed by atoms with E-state index in [1.54, 1.807) is 35.2 Å². The Balaban J connectivity index is 1.56. The number of nitrogens with zero attached hydrogens (tertiary/aromatic N) is 1. The molecule has 0 saturated carbocycles. The van der Waals surface area contributed by atoms with E-state index < -0.39 is 23.3 Å². The molecule has 0 aliphatic carbocycles. The molecule has 0 spiro atoms. The standard InChI is InChI=1S/C27H29ClN4O4/c28-22-8-4-3-7-21(22)24(25(30)34)27(11-13-32(14-12-27)23(33)16-29)17-36-26(35)31-20-10-9-18-5-1-2-6-19(18)15-20/h1-10,15,24H,11-14,16-17,29H2,(H2,30,34)(H,31,35). The minimum Gasteiger partial charge on any atom is -0.449 e. The molecular formula is C27H29ClN4O4. The molecule has 1 saturated heterocycles. The Kier molecular flexibility index (Phi) is 7.76. The third-order valence-electron chi connectivity index (χ3n) is 6.89. The van der Waals surface area contributed by atoms with E-state index >= 15 is 0 Å². The fourth-order valence-electron chi connectivity index (χ4n) is 4.97. The maximum atomic E-state index is 12.8. The molecule has 1 heterocycles. The number of fused-ring (bicyclic) bond motifs is 1. The molecule has 188 valence electrons. The van der Waals surface area contributed by atoms with Crippen LogP contribution in [0.5, 0.6) is 0 Å². The Labute approximate surface area is 214 Å². The van der Waals surface area contributed by atoms with Crippen LogP contribution in [0.15, 0.2) is 66.7 Å². The average Bonchev–Trinajstić information content (AvgIpc) is 2.88. The first kappa shape index (κ1) is 25.5. The number of nitrogens with one attached hydrogen (secondary N) is 1. The molecule has 3 aromatic rings. The topological polar surface area (TPSA) is 128 Å². The second kappa shape index (κ2) is 11.0. The van der Waals surface area contributed by atoms with Crippen LogP contribution in [-0.2, 0) is 14.3 Å². The molecule has 0 aromatic heterocycles. The number of anilines is 1. The number of likely N-dealkylation sites (tertiary alicyclic amines) is 1. The van der Waals surface area contributed by atoms with E-state index in [9.17, 15) is 14.4 Å². The number of carbonyl (C=O) groups excluding carboxylic acids is 3. The summed E-state index contributed by atoms with van der Waals surface area (Å²) < 4.78 is 5.69. The fraction of sp³-hybridized carbons (Fsp3) is 0.296. The number of amides is 3. The Morgan fingerprint density at radius 1 is 1.00 bits per heavy atom. The van der Waals surface area contributed by atoms with Gasteiger partial charge in [0.2, 0.25) is 11.8 Å². The molecular weight excluding hydrogens is 480 g/mol. The first-order valence-corrected chi connectivity index (χ1v) is 12.1. The fourth-order valence-corrected chi connectivity index (χ4v) is 5.22. The van der Waals surface area contributed by atoms with Crippen molar-refractivity contribution >= 4 is 46.0 Å². The zero-order valence-corrected chi connectivity index (χ0v) is 20.5. The van der Waals surface area contributed by atoms with E-state index in [1.807, 2.05) is 36.4 Å². The number of nitrogens with two attached hydrogens (primary N) is 2. The summed E-state index contributed by atoms with van der Waals surface area (Å²) in [6, 6.07) is 20.4. The highest BCUT2D eigenvalue weighted by molar-refractivity contribution is 6.31. The molecule has 5 N–H and O–H groups in total. The van der Waals surface area contributed by atoms with Gasteiger partial charge in [-0.2, -0.15) is 0 Å². The molecule has 8 nitrogen and oxygen atoms in total. The van der Waals surface area contributed by atoms with Gasteiger partial charge in [-0.3, -0.25) is 14.9 Å². The van der Waals surface area contributed by atoms with Crippen LogP contribution in [0, 0.1) is 5.41 Å². The maximum Gasteiger partial charge on any atom is 0.411 e. The van der Waals surface area contributed by atoms with Gasteiger partial charge in [0.15, 0.2) is 0 Å². The second-order valence-electron chi connectivity index (χ2n) is 9.07. The molecule has 0 bridgehead atoms. The van der Waals surface area contributed by atoms with Crippen LogP contribution in [-0.4, -0.2) is 49.0 Å². The lowest BCUT2D eigenvalue weighted by Crippen LogP contribution is -2.51. The number of primary amides is 1. The minimum absolute atomic E-state index is 0.0735. The zero-order valence-electron chi connectivity index (χ0n) is 19.8. The number of halogens is 1. The highest BCUT2D eigenvalue weighted by atomic mass is 35.5. The van der Waals surface area contributed by atoms with Gasteiger partial charge in [0.25, 0.3) is 0 Å². The molecule has 4 rings (SSSR count). The molecule has 9 heteroatoms. The highest BCUT2D eigenvalue weighted by Gasteiger charge is 2.47. The molecule has 3 aromatic carbocycles. The second-order valence-corrected chi connectivity index (χ2v) is 9.47. The summed E-state index contributed by atoms with van der Waals surface area (Å²) in [6.07, 6.45) is 0.134. The minimum atomic E-state index is -0.844. The Hall–Kier alpha value is -3.62. The summed E-state index contributed by atoms with van der Waals surface area (Å²) in [5, 5.41) is 5.20. The number of hydrogen-bond donors (Lipinski definition) is 3. The van der Waals surface area contributed by atoms with Crippen LogP contribution in [0.1, 0.15) is 24.3 Å². The van der Waals surface area contributed by atoms with Gasteiger partial charge in [-0.1, -0.05) is 60.1 Å². The van der Waals surface area contributed by atoms with Crippen LogP contribution >= 0.6 is 11.6 Å². The number of benzene rings is 3. The van der Waals surface area contributed by atoms with Crippen LogP contribution in [0.25, 0.3) is 10.8 Å². The monoisotopic (exact) mass is 508 g/mol. The molecule has 1 unspecified atom stereocenters. The van der Waals surface area contributed by atoms with E-state index in [0.717, 1.165) is 10.8 Å². The van der Waals surface area contributed by atoms with Gasteiger partial charge < -0.3 is 21.1 Å². The van der Waals surface area contributed by atoms with Gasteiger partial charge in [0, 0.05) is 29.2 Å². The van der Waals surface area contributed by atoms with Gasteiger partial charge in [-0.25, -0.2) is 4.79 Å². The Morgan fingerprint density at radius 3 is 2.33 bits per heavy atom. The van der Waals surface area contributed by atoms with E-state index in [-0.39, 0.29) is 19.1 Å². The summed E-state index contributed by atoms with van der Waals surface area (Å²) in [5.41, 5.74) is 11.8. The SMILES string of the molecule is NCC(=O)N1CCC(COC(=O)Nc2ccc3ccccc3c2)(C(C(N)=O)c2ccccc2Cl)CC1. The number of carbonyl (C=O) groups is 3. The summed E-state index contributed by atoms with van der Waals surface area (Å²) >= 11 is 6.45. The average molecular weight is 509 g/mol. The van der Waals surface area contributed by atoms with Crippen molar-refractivity contribution in [1.29, 1.82) is 0 Å². The maximum absolute atomic E-state index is 12.8. The highest BCUT2D eigenvalue weighted by Crippen LogP contribution is 2.46. The number of rotatable bonds is 7. The van der Waals surface area contributed by atoms with Crippen LogP contribution in [0.4, 0.5) is 10.5 Å². The first-order valence-electron chi connectivity index (χ1n) is 11.8. The summed E-state index contributed by atoms with van der Waals surface area (Å²) in [6.45, 7) is 0.553. The molecule has 1 aliphatic heterocycles. The summed E-state index contributed by atoms with van der Waals surface area (Å²) in [4.78, 5) is 39.4. The van der Waals surface area contributed by atoms with E-state index in [2.05, 4.69) is 5.32 Å². The lowest BCUT2D eigenvalue weighted by molar-refractivity contribution is -0.134. The van der Waals surface area contributed by atoms with Crippen molar-refractivity contribution in [2.24, 2.45) is 16.9 Å². The summed E-state index contributed by atoms with van der Waals surface area (Å²) in [7, 11) is 0. The Bertz CT molecular complexity index is 1270. The zero-order chi connectivity index (χ0) is 25.7. The molecule has 0 radical (unpaired) electrons. The van der Waals surface area contributed by atoms with Gasteiger partial charge in [0.05, 0.1) is 12.5 Å². The van der Waals surface area contributed by atoms with Gasteiger partial charge >= 0.3 is 6.09 Å². The predicted molar refractivity (Wildman–Crippen MR) is 140 cm³/mol. The van der Waals surface area contributed by atoms with Crippen LogP contribution in [0.2, 0.25) is 5.02 Å². The number of ether oxygens (including phenoxy) is 1. The van der Waals surface area contributed by atoms with Crippen molar-refractivity contribution in [2.45, 2.75) is 18.8 Å². The normalized spacial score (nSPS) is 15.8. The molecule has 1 fully saturated rings. The first-order chi connectivity index (χ1) is 17.3. The van der Waals surface area contributed by atoms with Crippen molar-refractivity contribution < 1.29 is 19.1 Å². The van der Waals surface area contributed by atoms with E-state index in [0.29, 0.717) is 42.2 Å². The Morgan fingerprint density at radius 2 is 1.67 bits per heavy atom. The third kappa shape index (κ3) is 5.45. The predicted octanol–water partition coefficient (Wildman–Crippen LogP) is 3.88. The van der Waals surface area contributed by atoms with Crippen LogP contribution < -0.4 is 16.8 Å². The van der Waals surface area contributed by atoms with Gasteiger partial charge in [-0.05, 0) is 47.4 Å². The van der Waals surface area contributed by atoms with Gasteiger partial charge in [-0.15, -0.1) is 0 Å². The van der Waals surface area contributed by atoms with Crippen molar-refractivity contribution in [1.82, 2.24) is 4.90 Å². The van der Waals surface area contributed by atoms with E-state index in [1.165, 1.54) is 0 Å². The van der Waals surface area contributed by atoms with Gasteiger partial charge in [0.1, 0.15) is 6.61 Å². The summed E-state index contributed by atoms with van der Waals surface area (Å²) in [5.74, 6) is -1.55. The third-order valence-corrected chi connectivity index (χ3v) is 7.23. The quantitative estimate of drug-likeness (QED) is 0.446. The largest absolute Gasteiger partial charge is 0.449 e.